The van der Waals surface area contributed by atoms with E-state index < -0.39 is 0 Å². The van der Waals surface area contributed by atoms with Crippen molar-refractivity contribution in [3.05, 3.63) is 0 Å². The molecule has 0 aromatic heterocycles. The molecule has 2 nitrogen and oxygen atoms in total. The monoisotopic (exact) mass is 156 g/mol. The second-order valence-electron chi connectivity index (χ2n) is 3.93. The lowest BCUT2D eigenvalue weighted by Crippen LogP contribution is -2.34. The van der Waals surface area contributed by atoms with Crippen molar-refractivity contribution in [3.8, 4) is 0 Å². The van der Waals surface area contributed by atoms with Crippen molar-refractivity contribution in [1.82, 2.24) is 0 Å². The van der Waals surface area contributed by atoms with Gasteiger partial charge in [-0.2, -0.15) is 0 Å². The number of aliphatic hydroxyl groups is 1. The van der Waals surface area contributed by atoms with Crippen LogP contribution in [0.4, 0.5) is 0 Å². The molecular formula is C9H16O2. The first-order chi connectivity index (χ1) is 5.30. The van der Waals surface area contributed by atoms with Gasteiger partial charge in [-0.25, -0.2) is 0 Å². The van der Waals surface area contributed by atoms with E-state index in [4.69, 9.17) is 9.84 Å². The van der Waals surface area contributed by atoms with E-state index in [9.17, 15) is 0 Å². The van der Waals surface area contributed by atoms with Crippen molar-refractivity contribution in [2.75, 3.05) is 13.2 Å². The molecule has 0 aromatic rings. The second-order valence-corrected chi connectivity index (χ2v) is 3.93. The summed E-state index contributed by atoms with van der Waals surface area (Å²) in [5.74, 6) is 0.610. The van der Waals surface area contributed by atoms with Gasteiger partial charge in [0, 0.05) is 13.2 Å². The normalized spacial score (nSPS) is 47.5. The summed E-state index contributed by atoms with van der Waals surface area (Å²) in [5, 5.41) is 8.88. The smallest absolute Gasteiger partial charge is 0.0585 e. The van der Waals surface area contributed by atoms with Crippen LogP contribution < -0.4 is 0 Å². The summed E-state index contributed by atoms with van der Waals surface area (Å²) in [6, 6.07) is 0. The molecule has 0 bridgehead atoms. The quantitative estimate of drug-likeness (QED) is 0.665. The van der Waals surface area contributed by atoms with Gasteiger partial charge in [0.05, 0.1) is 6.10 Å². The Morgan fingerprint density at radius 3 is 2.64 bits per heavy atom. The van der Waals surface area contributed by atoms with Gasteiger partial charge in [0.2, 0.25) is 0 Å². The zero-order chi connectivity index (χ0) is 7.90. The summed E-state index contributed by atoms with van der Waals surface area (Å²) in [5.41, 5.74) is 0.536. The first-order valence-corrected chi connectivity index (χ1v) is 4.53. The summed E-state index contributed by atoms with van der Waals surface area (Å²) in [7, 11) is 0. The highest BCUT2D eigenvalue weighted by atomic mass is 16.5. The maximum atomic E-state index is 8.88. The van der Waals surface area contributed by atoms with Crippen LogP contribution in [0.1, 0.15) is 26.2 Å². The standard InChI is InChI=1S/C9H16O2/c1-2-11-8-4-9(5-8)3-7(9)6-10/h7-8,10H,2-6H2,1H3. The van der Waals surface area contributed by atoms with Crippen molar-refractivity contribution in [2.24, 2.45) is 11.3 Å². The Morgan fingerprint density at radius 2 is 2.18 bits per heavy atom. The van der Waals surface area contributed by atoms with Crippen LogP contribution in [0.3, 0.4) is 0 Å². The summed E-state index contributed by atoms with van der Waals surface area (Å²) >= 11 is 0. The van der Waals surface area contributed by atoms with E-state index in [1.807, 2.05) is 6.92 Å². The summed E-state index contributed by atoms with van der Waals surface area (Å²) in [6.07, 6.45) is 4.15. The molecule has 2 aliphatic rings. The molecule has 1 unspecified atom stereocenters. The molecule has 0 amide bonds. The maximum Gasteiger partial charge on any atom is 0.0585 e. The van der Waals surface area contributed by atoms with Crippen molar-refractivity contribution in [3.63, 3.8) is 0 Å². The first kappa shape index (κ1) is 7.56. The fourth-order valence-corrected chi connectivity index (χ4v) is 2.39. The van der Waals surface area contributed by atoms with Gasteiger partial charge >= 0.3 is 0 Å². The lowest BCUT2D eigenvalue weighted by molar-refractivity contribution is -0.0427. The van der Waals surface area contributed by atoms with Crippen LogP contribution >= 0.6 is 0 Å². The molecule has 1 N–H and O–H groups in total. The predicted octanol–water partition coefficient (Wildman–Crippen LogP) is 1.18. The minimum atomic E-state index is 0.388. The van der Waals surface area contributed by atoms with Gasteiger partial charge in [-0.05, 0) is 37.5 Å². The highest BCUT2D eigenvalue weighted by molar-refractivity contribution is 5.10. The van der Waals surface area contributed by atoms with Crippen molar-refractivity contribution >= 4 is 0 Å². The lowest BCUT2D eigenvalue weighted by atomic mass is 9.77. The fourth-order valence-electron chi connectivity index (χ4n) is 2.39. The van der Waals surface area contributed by atoms with E-state index in [0.717, 1.165) is 6.61 Å². The van der Waals surface area contributed by atoms with Crippen LogP contribution in [0.15, 0.2) is 0 Å². The third-order valence-corrected chi connectivity index (χ3v) is 3.25. The van der Waals surface area contributed by atoms with Crippen LogP contribution in [0.2, 0.25) is 0 Å². The molecule has 2 rings (SSSR count). The molecule has 11 heavy (non-hydrogen) atoms. The van der Waals surface area contributed by atoms with Gasteiger partial charge in [0.25, 0.3) is 0 Å². The number of rotatable bonds is 3. The zero-order valence-corrected chi connectivity index (χ0v) is 7.05. The topological polar surface area (TPSA) is 29.5 Å². The number of hydrogen-bond acceptors (Lipinski definition) is 2. The van der Waals surface area contributed by atoms with E-state index in [1.54, 1.807) is 0 Å². The Bertz CT molecular complexity index is 150. The van der Waals surface area contributed by atoms with Gasteiger partial charge in [-0.1, -0.05) is 0 Å². The van der Waals surface area contributed by atoms with Gasteiger partial charge in [0.15, 0.2) is 0 Å². The third-order valence-electron chi connectivity index (χ3n) is 3.25. The van der Waals surface area contributed by atoms with Crippen LogP contribution in [0.25, 0.3) is 0 Å². The zero-order valence-electron chi connectivity index (χ0n) is 7.05. The first-order valence-electron chi connectivity index (χ1n) is 4.53. The molecular weight excluding hydrogens is 140 g/mol. The Labute approximate surface area is 67.6 Å². The minimum Gasteiger partial charge on any atom is -0.396 e. The van der Waals surface area contributed by atoms with Crippen LogP contribution in [0.5, 0.6) is 0 Å². The third kappa shape index (κ3) is 1.09. The molecule has 1 spiro atoms. The van der Waals surface area contributed by atoms with Gasteiger partial charge in [-0.3, -0.25) is 0 Å². The van der Waals surface area contributed by atoms with Crippen LogP contribution in [-0.4, -0.2) is 24.4 Å². The molecule has 0 radical (unpaired) electrons. The average Bonchev–Trinajstić information content (AvgIpc) is 2.62. The van der Waals surface area contributed by atoms with E-state index in [-0.39, 0.29) is 0 Å². The molecule has 2 saturated carbocycles. The van der Waals surface area contributed by atoms with Gasteiger partial charge in [0.1, 0.15) is 0 Å². The average molecular weight is 156 g/mol. The Morgan fingerprint density at radius 1 is 1.45 bits per heavy atom. The van der Waals surface area contributed by atoms with Crippen molar-refractivity contribution in [2.45, 2.75) is 32.3 Å². The predicted molar refractivity (Wildman–Crippen MR) is 42.3 cm³/mol. The van der Waals surface area contributed by atoms with E-state index in [0.29, 0.717) is 24.0 Å². The van der Waals surface area contributed by atoms with Crippen molar-refractivity contribution < 1.29 is 9.84 Å². The fraction of sp³-hybridized carbons (Fsp3) is 1.00. The van der Waals surface area contributed by atoms with Crippen LogP contribution in [-0.2, 0) is 4.74 Å². The molecule has 0 aliphatic heterocycles. The summed E-state index contributed by atoms with van der Waals surface area (Å²) in [6.45, 7) is 3.27. The Hall–Kier alpha value is -0.0800. The molecule has 2 heteroatoms. The highest BCUT2D eigenvalue weighted by Gasteiger charge is 2.61. The van der Waals surface area contributed by atoms with Gasteiger partial charge < -0.3 is 9.84 Å². The van der Waals surface area contributed by atoms with E-state index in [1.165, 1.54) is 19.3 Å². The number of aliphatic hydroxyl groups excluding tert-OH is 1. The molecule has 64 valence electrons. The second kappa shape index (κ2) is 2.46. The SMILES string of the molecule is CCOC1CC2(C1)CC2CO. The summed E-state index contributed by atoms with van der Waals surface area (Å²) < 4.78 is 5.46. The van der Waals surface area contributed by atoms with E-state index in [2.05, 4.69) is 0 Å². The Balaban J connectivity index is 1.73. The minimum absolute atomic E-state index is 0.388. The number of ether oxygens (including phenoxy) is 1. The Kier molecular flexibility index (Phi) is 1.69. The van der Waals surface area contributed by atoms with Crippen molar-refractivity contribution in [1.29, 1.82) is 0 Å². The molecule has 2 fully saturated rings. The van der Waals surface area contributed by atoms with E-state index >= 15 is 0 Å². The summed E-state index contributed by atoms with van der Waals surface area (Å²) in [4.78, 5) is 0. The molecule has 1 atom stereocenters. The molecule has 0 heterocycles. The number of hydrogen-bond donors (Lipinski definition) is 1. The maximum absolute atomic E-state index is 8.88. The van der Waals surface area contributed by atoms with Crippen LogP contribution in [0, 0.1) is 11.3 Å². The molecule has 0 aromatic carbocycles. The molecule has 0 saturated heterocycles. The largest absolute Gasteiger partial charge is 0.396 e. The molecule has 2 aliphatic carbocycles. The highest BCUT2D eigenvalue weighted by Crippen LogP contribution is 2.65. The van der Waals surface area contributed by atoms with Gasteiger partial charge in [-0.15, -0.1) is 0 Å². The lowest BCUT2D eigenvalue weighted by Gasteiger charge is -2.36.